The Hall–Kier alpha value is -1.10. The number of carbonyl (C=O) groups is 1. The number of alkyl halides is 2. The summed E-state index contributed by atoms with van der Waals surface area (Å²) in [4.78, 5) is 11.3. The highest BCUT2D eigenvalue weighted by Gasteiger charge is 2.50. The lowest BCUT2D eigenvalue weighted by atomic mass is 9.92. The summed E-state index contributed by atoms with van der Waals surface area (Å²) in [6, 6.07) is 7.43. The van der Waals surface area contributed by atoms with Crippen LogP contribution >= 0.6 is 11.8 Å². The molecule has 98 valence electrons. The van der Waals surface area contributed by atoms with Gasteiger partial charge in [0.05, 0.1) is 0 Å². The van der Waals surface area contributed by atoms with Gasteiger partial charge in [-0.3, -0.25) is 4.79 Å². The number of halogens is 2. The molecule has 1 aliphatic heterocycles. The Bertz CT molecular complexity index is 428. The zero-order valence-corrected chi connectivity index (χ0v) is 10.6. The molecule has 0 radical (unpaired) electrons. The monoisotopic (exact) mass is 272 g/mol. The number of thioether (sulfide) groups is 1. The summed E-state index contributed by atoms with van der Waals surface area (Å²) in [6.07, 6.45) is 0.362. The van der Waals surface area contributed by atoms with Gasteiger partial charge in [-0.25, -0.2) is 8.78 Å². The average Bonchev–Trinajstić information content (AvgIpc) is 2.79. The molecule has 0 saturated carbocycles. The molecule has 0 bridgehead atoms. The molecule has 1 fully saturated rings. The van der Waals surface area contributed by atoms with Crippen LogP contribution in [0.2, 0.25) is 0 Å². The summed E-state index contributed by atoms with van der Waals surface area (Å²) in [5.41, 5.74) is -0.113. The first-order valence-electron chi connectivity index (χ1n) is 5.77. The minimum absolute atomic E-state index is 0.113. The van der Waals surface area contributed by atoms with Crippen molar-refractivity contribution >= 4 is 17.7 Å². The maximum absolute atomic E-state index is 14.1. The van der Waals surface area contributed by atoms with Gasteiger partial charge in [-0.15, -0.1) is 11.8 Å². The van der Waals surface area contributed by atoms with Crippen LogP contribution < -0.4 is 0 Å². The molecule has 1 aromatic rings. The Morgan fingerprint density at radius 1 is 1.39 bits per heavy atom. The molecule has 1 heterocycles. The molecule has 1 N–H and O–H groups in total. The van der Waals surface area contributed by atoms with Crippen LogP contribution in [0.25, 0.3) is 0 Å². The maximum atomic E-state index is 14.1. The minimum Gasteiger partial charge on any atom is -0.480 e. The highest BCUT2D eigenvalue weighted by atomic mass is 32.2. The third-order valence-electron chi connectivity index (χ3n) is 3.20. The number of benzene rings is 1. The van der Waals surface area contributed by atoms with Crippen LogP contribution in [0.4, 0.5) is 8.78 Å². The normalized spacial score (nSPS) is 24.1. The number of aliphatic carboxylic acids is 1. The standard InChI is InChI=1S/C13H14F2O2S/c14-13(15,10-5-2-1-3-6-10)9-12(11(16)17)7-4-8-18-12/h1-3,5-6H,4,7-9H2,(H,16,17). The van der Waals surface area contributed by atoms with Gasteiger partial charge in [0, 0.05) is 12.0 Å². The predicted octanol–water partition coefficient (Wildman–Crippen LogP) is 3.52. The van der Waals surface area contributed by atoms with Crippen LogP contribution in [0.1, 0.15) is 24.8 Å². The molecule has 1 aromatic carbocycles. The first-order chi connectivity index (χ1) is 8.46. The van der Waals surface area contributed by atoms with Gasteiger partial charge >= 0.3 is 5.97 Å². The molecule has 5 heteroatoms. The SMILES string of the molecule is O=C(O)C1(CC(F)(F)c2ccccc2)CCCS1. The molecule has 1 unspecified atom stereocenters. The molecule has 0 amide bonds. The number of carboxylic acids is 1. The minimum atomic E-state index is -3.10. The Morgan fingerprint density at radius 3 is 2.56 bits per heavy atom. The molecule has 2 nitrogen and oxygen atoms in total. The zero-order valence-electron chi connectivity index (χ0n) is 9.73. The van der Waals surface area contributed by atoms with Crippen molar-refractivity contribution in [2.24, 2.45) is 0 Å². The third kappa shape index (κ3) is 2.51. The average molecular weight is 272 g/mol. The van der Waals surface area contributed by atoms with E-state index < -0.39 is 23.1 Å². The summed E-state index contributed by atoms with van der Waals surface area (Å²) in [5.74, 6) is -3.59. The molecule has 18 heavy (non-hydrogen) atoms. The molecule has 0 aliphatic carbocycles. The predicted molar refractivity (Wildman–Crippen MR) is 67.0 cm³/mol. The lowest BCUT2D eigenvalue weighted by molar-refractivity contribution is -0.143. The van der Waals surface area contributed by atoms with E-state index in [1.807, 2.05) is 0 Å². The van der Waals surface area contributed by atoms with E-state index in [1.165, 1.54) is 12.1 Å². The van der Waals surface area contributed by atoms with Crippen LogP contribution in [-0.4, -0.2) is 21.6 Å². The Labute approximate surface area is 108 Å². The summed E-state index contributed by atoms with van der Waals surface area (Å²) in [6.45, 7) is 0. The fourth-order valence-electron chi connectivity index (χ4n) is 2.22. The number of hydrogen-bond donors (Lipinski definition) is 1. The quantitative estimate of drug-likeness (QED) is 0.911. The Morgan fingerprint density at radius 2 is 2.06 bits per heavy atom. The molecule has 1 saturated heterocycles. The molecular formula is C13H14F2O2S. The van der Waals surface area contributed by atoms with Crippen molar-refractivity contribution in [1.82, 2.24) is 0 Å². The van der Waals surface area contributed by atoms with Crippen LogP contribution in [0.3, 0.4) is 0 Å². The van der Waals surface area contributed by atoms with Crippen molar-refractivity contribution < 1.29 is 18.7 Å². The number of rotatable bonds is 4. The second kappa shape index (κ2) is 4.88. The fraction of sp³-hybridized carbons (Fsp3) is 0.462. The van der Waals surface area contributed by atoms with Gasteiger partial charge in [0.1, 0.15) is 4.75 Å². The second-order valence-electron chi connectivity index (χ2n) is 4.50. The van der Waals surface area contributed by atoms with Crippen molar-refractivity contribution in [1.29, 1.82) is 0 Å². The second-order valence-corrected chi connectivity index (χ2v) is 5.98. The van der Waals surface area contributed by atoms with E-state index in [0.29, 0.717) is 18.6 Å². The molecule has 0 aromatic heterocycles. The van der Waals surface area contributed by atoms with Gasteiger partial charge < -0.3 is 5.11 Å². The molecule has 2 rings (SSSR count). The summed E-state index contributed by atoms with van der Waals surface area (Å²) < 4.78 is 26.9. The van der Waals surface area contributed by atoms with Crippen molar-refractivity contribution in [3.05, 3.63) is 35.9 Å². The van der Waals surface area contributed by atoms with Gasteiger partial charge in [-0.2, -0.15) is 0 Å². The van der Waals surface area contributed by atoms with E-state index in [1.54, 1.807) is 18.2 Å². The Balaban J connectivity index is 2.24. The van der Waals surface area contributed by atoms with Crippen LogP contribution in [0.5, 0.6) is 0 Å². The molecular weight excluding hydrogens is 258 g/mol. The lowest BCUT2D eigenvalue weighted by Gasteiger charge is -2.28. The summed E-state index contributed by atoms with van der Waals surface area (Å²) in [5, 5.41) is 9.22. The van der Waals surface area contributed by atoms with Gasteiger partial charge in [-0.1, -0.05) is 30.3 Å². The van der Waals surface area contributed by atoms with E-state index in [-0.39, 0.29) is 5.56 Å². The lowest BCUT2D eigenvalue weighted by Crippen LogP contribution is -2.38. The highest BCUT2D eigenvalue weighted by Crippen LogP contribution is 2.48. The Kier molecular flexibility index (Phi) is 3.61. The molecule has 0 spiro atoms. The fourth-order valence-corrected chi connectivity index (χ4v) is 3.60. The van der Waals surface area contributed by atoms with Crippen LogP contribution in [0.15, 0.2) is 30.3 Å². The summed E-state index contributed by atoms with van der Waals surface area (Å²) in [7, 11) is 0. The van der Waals surface area contributed by atoms with E-state index in [2.05, 4.69) is 0 Å². The summed E-state index contributed by atoms with van der Waals surface area (Å²) >= 11 is 1.14. The number of carboxylic acid groups (broad SMARTS) is 1. The van der Waals surface area contributed by atoms with Gasteiger partial charge in [-0.05, 0) is 18.6 Å². The number of hydrogen-bond acceptors (Lipinski definition) is 2. The van der Waals surface area contributed by atoms with Crippen molar-refractivity contribution in [3.8, 4) is 0 Å². The van der Waals surface area contributed by atoms with Crippen molar-refractivity contribution in [2.75, 3.05) is 5.75 Å². The smallest absolute Gasteiger partial charge is 0.320 e. The van der Waals surface area contributed by atoms with Crippen LogP contribution in [0, 0.1) is 0 Å². The van der Waals surface area contributed by atoms with Gasteiger partial charge in [0.2, 0.25) is 0 Å². The third-order valence-corrected chi connectivity index (χ3v) is 4.77. The van der Waals surface area contributed by atoms with E-state index in [9.17, 15) is 18.7 Å². The first kappa shape index (κ1) is 13.3. The van der Waals surface area contributed by atoms with Crippen LogP contribution in [-0.2, 0) is 10.7 Å². The van der Waals surface area contributed by atoms with E-state index >= 15 is 0 Å². The maximum Gasteiger partial charge on any atom is 0.320 e. The zero-order chi connectivity index (χ0) is 13.2. The topological polar surface area (TPSA) is 37.3 Å². The van der Waals surface area contributed by atoms with E-state index in [0.717, 1.165) is 11.8 Å². The van der Waals surface area contributed by atoms with Crippen molar-refractivity contribution in [2.45, 2.75) is 29.9 Å². The molecule has 1 aliphatic rings. The highest BCUT2D eigenvalue weighted by molar-refractivity contribution is 8.01. The largest absolute Gasteiger partial charge is 0.480 e. The first-order valence-corrected chi connectivity index (χ1v) is 6.76. The van der Waals surface area contributed by atoms with Gasteiger partial charge in [0.15, 0.2) is 0 Å². The molecule has 1 atom stereocenters. The van der Waals surface area contributed by atoms with Gasteiger partial charge in [0.25, 0.3) is 5.92 Å². The van der Waals surface area contributed by atoms with E-state index in [4.69, 9.17) is 0 Å². The van der Waals surface area contributed by atoms with Crippen molar-refractivity contribution in [3.63, 3.8) is 0 Å².